The normalized spacial score (nSPS) is 14.4. The van der Waals surface area contributed by atoms with Gasteiger partial charge in [0.25, 0.3) is 0 Å². The summed E-state index contributed by atoms with van der Waals surface area (Å²) < 4.78 is 11.3. The van der Waals surface area contributed by atoms with E-state index in [-0.39, 0.29) is 11.3 Å². The van der Waals surface area contributed by atoms with Crippen molar-refractivity contribution in [2.24, 2.45) is 0 Å². The second-order valence-corrected chi connectivity index (χ2v) is 7.63. The van der Waals surface area contributed by atoms with Crippen LogP contribution in [0.2, 0.25) is 0 Å². The van der Waals surface area contributed by atoms with Gasteiger partial charge in [0.2, 0.25) is 0 Å². The predicted octanol–water partition coefficient (Wildman–Crippen LogP) is 6.03. The fraction of sp³-hybridized carbons (Fsp3) is 0.107. The summed E-state index contributed by atoms with van der Waals surface area (Å²) in [5.41, 5.74) is 4.25. The Morgan fingerprint density at radius 2 is 1.39 bits per heavy atom. The van der Waals surface area contributed by atoms with Crippen molar-refractivity contribution in [3.63, 3.8) is 0 Å². The lowest BCUT2D eigenvalue weighted by Gasteiger charge is -2.14. The lowest BCUT2D eigenvalue weighted by atomic mass is 9.86. The first-order valence-electron chi connectivity index (χ1n) is 10.4. The van der Waals surface area contributed by atoms with Crippen LogP contribution in [0, 0.1) is 36.5 Å². The van der Waals surface area contributed by atoms with Crippen LogP contribution in [0.1, 0.15) is 35.1 Å². The minimum atomic E-state index is -0.608. The average molecular weight is 432 g/mol. The second kappa shape index (κ2) is 8.86. The van der Waals surface area contributed by atoms with E-state index in [1.165, 1.54) is 0 Å². The smallest absolute Gasteiger partial charge is 0.344 e. The van der Waals surface area contributed by atoms with E-state index in [2.05, 4.69) is 0 Å². The number of rotatable bonds is 3. The summed E-state index contributed by atoms with van der Waals surface area (Å²) in [4.78, 5) is 13.2. The van der Waals surface area contributed by atoms with E-state index in [4.69, 9.17) is 9.15 Å². The zero-order chi connectivity index (χ0) is 23.5. The molecule has 0 saturated carbocycles. The van der Waals surface area contributed by atoms with Gasteiger partial charge in [0.1, 0.15) is 23.7 Å². The molecule has 1 saturated heterocycles. The largest absolute Gasteiger partial charge is 0.466 e. The Morgan fingerprint density at radius 3 is 1.85 bits per heavy atom. The van der Waals surface area contributed by atoms with Gasteiger partial charge in [-0.1, -0.05) is 60.7 Å². The number of aryl methyl sites for hydroxylation is 2. The van der Waals surface area contributed by atoms with Crippen LogP contribution in [0.15, 0.2) is 93.6 Å². The topological polar surface area (TPSA) is 87.0 Å². The summed E-state index contributed by atoms with van der Waals surface area (Å²) in [6.07, 6.45) is 0. The molecular weight excluding hydrogens is 412 g/mol. The van der Waals surface area contributed by atoms with Crippen molar-refractivity contribution in [1.82, 2.24) is 0 Å². The van der Waals surface area contributed by atoms with Crippen LogP contribution in [-0.4, -0.2) is 5.97 Å². The van der Waals surface area contributed by atoms with Gasteiger partial charge in [-0.3, -0.25) is 0 Å². The van der Waals surface area contributed by atoms with Gasteiger partial charge in [-0.2, -0.15) is 10.5 Å². The Balaban J connectivity index is 2.20. The van der Waals surface area contributed by atoms with E-state index >= 15 is 0 Å². The summed E-state index contributed by atoms with van der Waals surface area (Å²) in [6, 6.07) is 24.7. The van der Waals surface area contributed by atoms with Gasteiger partial charge in [0, 0.05) is 16.7 Å². The van der Waals surface area contributed by atoms with Crippen molar-refractivity contribution >= 4 is 17.1 Å². The molecule has 0 N–H and O–H groups in total. The number of furan rings is 1. The summed E-state index contributed by atoms with van der Waals surface area (Å²) in [5, 5.41) is 19.3. The number of hydrogen-bond acceptors (Lipinski definition) is 5. The molecular formula is C28H20N2O3. The molecule has 2 aromatic carbocycles. The summed E-state index contributed by atoms with van der Waals surface area (Å²) >= 11 is 0. The fourth-order valence-corrected chi connectivity index (χ4v) is 4.09. The first kappa shape index (κ1) is 21.6. The van der Waals surface area contributed by atoms with Crippen molar-refractivity contribution in [1.29, 1.82) is 10.5 Å². The van der Waals surface area contributed by atoms with Crippen molar-refractivity contribution in [2.45, 2.75) is 20.8 Å². The van der Waals surface area contributed by atoms with Crippen LogP contribution in [0.5, 0.6) is 0 Å². The summed E-state index contributed by atoms with van der Waals surface area (Å²) in [6.45, 7) is 5.49. The molecule has 160 valence electrons. The third-order valence-corrected chi connectivity index (χ3v) is 5.52. The molecule has 0 bridgehead atoms. The Kier molecular flexibility index (Phi) is 5.81. The Morgan fingerprint density at radius 1 is 0.848 bits per heavy atom. The fourth-order valence-electron chi connectivity index (χ4n) is 4.09. The first-order valence-corrected chi connectivity index (χ1v) is 10.4. The quantitative estimate of drug-likeness (QED) is 0.286. The second-order valence-electron chi connectivity index (χ2n) is 7.63. The van der Waals surface area contributed by atoms with Gasteiger partial charge in [-0.15, -0.1) is 0 Å². The first-order chi connectivity index (χ1) is 16.0. The number of carbonyl (C=O) groups excluding carboxylic acids is 1. The van der Waals surface area contributed by atoms with Gasteiger partial charge in [0.15, 0.2) is 11.3 Å². The number of ether oxygens (including phenoxy) is 1. The van der Waals surface area contributed by atoms with E-state index in [0.717, 1.165) is 22.5 Å². The molecule has 0 spiro atoms. The monoisotopic (exact) mass is 432 g/mol. The molecule has 0 amide bonds. The maximum absolute atomic E-state index is 13.2. The van der Waals surface area contributed by atoms with Gasteiger partial charge < -0.3 is 9.15 Å². The van der Waals surface area contributed by atoms with Crippen LogP contribution >= 0.6 is 0 Å². The molecule has 2 heterocycles. The number of carbonyl (C=O) groups is 1. The lowest BCUT2D eigenvalue weighted by molar-refractivity contribution is -0.132. The Hall–Kier alpha value is -4.61. The third-order valence-electron chi connectivity index (χ3n) is 5.52. The zero-order valence-corrected chi connectivity index (χ0v) is 18.5. The number of nitriles is 2. The number of esters is 1. The molecule has 0 radical (unpaired) electrons. The SMILES string of the molecule is C/C(=C1\C(=O)OC(=C(C#N)C#N)C1=C(c1ccccc1)c1ccccc1)c1cc(C)oc1C. The Bertz CT molecular complexity index is 1370. The number of benzene rings is 2. The van der Waals surface area contributed by atoms with E-state index in [1.807, 2.05) is 99.6 Å². The van der Waals surface area contributed by atoms with Crippen molar-refractivity contribution in [3.05, 3.63) is 117 Å². The van der Waals surface area contributed by atoms with Gasteiger partial charge in [0.05, 0.1) is 5.57 Å². The third kappa shape index (κ3) is 3.89. The summed E-state index contributed by atoms with van der Waals surface area (Å²) in [7, 11) is 0. The molecule has 1 aliphatic heterocycles. The van der Waals surface area contributed by atoms with Crippen LogP contribution in [-0.2, 0) is 9.53 Å². The maximum atomic E-state index is 13.2. The lowest BCUT2D eigenvalue weighted by Crippen LogP contribution is -2.02. The van der Waals surface area contributed by atoms with E-state index in [1.54, 1.807) is 0 Å². The van der Waals surface area contributed by atoms with Crippen LogP contribution in [0.3, 0.4) is 0 Å². The van der Waals surface area contributed by atoms with Crippen LogP contribution in [0.25, 0.3) is 11.1 Å². The van der Waals surface area contributed by atoms with E-state index < -0.39 is 5.97 Å². The van der Waals surface area contributed by atoms with Crippen LogP contribution < -0.4 is 0 Å². The van der Waals surface area contributed by atoms with Gasteiger partial charge in [-0.05, 0) is 43.5 Å². The minimum absolute atomic E-state index is 0.0278. The van der Waals surface area contributed by atoms with Gasteiger partial charge >= 0.3 is 5.97 Å². The summed E-state index contributed by atoms with van der Waals surface area (Å²) in [5.74, 6) is 0.753. The molecule has 0 unspecified atom stereocenters. The highest BCUT2D eigenvalue weighted by molar-refractivity contribution is 6.11. The number of nitrogens with zero attached hydrogens (tertiary/aromatic N) is 2. The molecule has 1 aliphatic rings. The highest BCUT2D eigenvalue weighted by Crippen LogP contribution is 2.44. The van der Waals surface area contributed by atoms with Gasteiger partial charge in [-0.25, -0.2) is 4.79 Å². The highest BCUT2D eigenvalue weighted by atomic mass is 16.5. The van der Waals surface area contributed by atoms with Crippen LogP contribution in [0.4, 0.5) is 0 Å². The molecule has 5 heteroatoms. The standard InChI is InChI=1S/C28H20N2O3/c1-17-14-23(19(3)32-17)18(2)24-26(27(33-28(24)31)22(15-29)16-30)25(20-10-6-4-7-11-20)21-12-8-5-9-13-21/h4-14H,1-3H3/b24-18+. The van der Waals surface area contributed by atoms with E-state index in [9.17, 15) is 15.3 Å². The average Bonchev–Trinajstić information content (AvgIpc) is 3.34. The molecule has 0 aliphatic carbocycles. The highest BCUT2D eigenvalue weighted by Gasteiger charge is 2.38. The molecule has 1 aromatic heterocycles. The van der Waals surface area contributed by atoms with Crippen molar-refractivity contribution < 1.29 is 13.9 Å². The zero-order valence-electron chi connectivity index (χ0n) is 18.5. The number of hydrogen-bond donors (Lipinski definition) is 0. The number of allylic oxidation sites excluding steroid dienone is 3. The molecule has 33 heavy (non-hydrogen) atoms. The maximum Gasteiger partial charge on any atom is 0.344 e. The molecule has 3 aromatic rings. The number of cyclic esters (lactones) is 1. The van der Waals surface area contributed by atoms with Crippen molar-refractivity contribution in [2.75, 3.05) is 0 Å². The predicted molar refractivity (Wildman–Crippen MR) is 124 cm³/mol. The molecule has 5 nitrogen and oxygen atoms in total. The van der Waals surface area contributed by atoms with Crippen molar-refractivity contribution in [3.8, 4) is 12.1 Å². The Labute approximate surface area is 192 Å². The molecule has 1 fully saturated rings. The molecule has 4 rings (SSSR count). The van der Waals surface area contributed by atoms with E-state index in [0.29, 0.717) is 28.1 Å². The minimum Gasteiger partial charge on any atom is -0.466 e. The molecule has 0 atom stereocenters.